The lowest BCUT2D eigenvalue weighted by Crippen LogP contribution is -2.36. The summed E-state index contributed by atoms with van der Waals surface area (Å²) in [4.78, 5) is 14.3. The Morgan fingerprint density at radius 3 is 2.57 bits per heavy atom. The molecule has 2 aliphatic rings. The van der Waals surface area contributed by atoms with Gasteiger partial charge in [0.2, 0.25) is 0 Å². The SMILES string of the molecule is CCOC(=O)c1ccc(C2CCCN(C(/C=C(\N)Cl)=C(N)N)C2)c(C2CC2)c1. The molecule has 1 aliphatic carbocycles. The molecule has 1 aromatic rings. The molecule has 1 unspecified atom stereocenters. The molecule has 0 spiro atoms. The van der Waals surface area contributed by atoms with Crippen molar-refractivity contribution in [2.75, 3.05) is 19.7 Å². The number of allylic oxidation sites excluding steroid dienone is 1. The summed E-state index contributed by atoms with van der Waals surface area (Å²) >= 11 is 5.86. The van der Waals surface area contributed by atoms with Gasteiger partial charge in [0.05, 0.1) is 17.9 Å². The van der Waals surface area contributed by atoms with Crippen molar-refractivity contribution in [1.29, 1.82) is 0 Å². The fraction of sp³-hybridized carbons (Fsp3) is 0.476. The zero-order valence-electron chi connectivity index (χ0n) is 16.3. The van der Waals surface area contributed by atoms with Crippen LogP contribution in [0, 0.1) is 0 Å². The predicted octanol–water partition coefficient (Wildman–Crippen LogP) is 3.05. The molecule has 1 aromatic carbocycles. The van der Waals surface area contributed by atoms with Crippen LogP contribution in [0.25, 0.3) is 0 Å². The first kappa shape index (κ1) is 20.4. The number of likely N-dealkylation sites (tertiary alicyclic amines) is 1. The molecule has 6 nitrogen and oxygen atoms in total. The van der Waals surface area contributed by atoms with Crippen LogP contribution in [-0.4, -0.2) is 30.6 Å². The van der Waals surface area contributed by atoms with E-state index in [4.69, 9.17) is 33.5 Å². The van der Waals surface area contributed by atoms with E-state index in [-0.39, 0.29) is 16.9 Å². The summed E-state index contributed by atoms with van der Waals surface area (Å²) in [5.74, 6) is 0.821. The molecule has 0 bridgehead atoms. The van der Waals surface area contributed by atoms with Crippen LogP contribution in [0.2, 0.25) is 0 Å². The molecule has 1 saturated carbocycles. The highest BCUT2D eigenvalue weighted by atomic mass is 35.5. The summed E-state index contributed by atoms with van der Waals surface area (Å²) < 4.78 is 5.17. The number of hydrogen-bond acceptors (Lipinski definition) is 6. The van der Waals surface area contributed by atoms with Gasteiger partial charge in [0.1, 0.15) is 11.0 Å². The molecule has 3 rings (SSSR count). The molecule has 1 saturated heterocycles. The van der Waals surface area contributed by atoms with Gasteiger partial charge in [-0.3, -0.25) is 0 Å². The third-order valence-corrected chi connectivity index (χ3v) is 5.50. The number of nitrogens with zero attached hydrogens (tertiary/aromatic N) is 1. The Kier molecular flexibility index (Phi) is 6.39. The van der Waals surface area contributed by atoms with Gasteiger partial charge in [-0.05, 0) is 67.9 Å². The molecule has 2 fully saturated rings. The van der Waals surface area contributed by atoms with Gasteiger partial charge in [-0.25, -0.2) is 4.79 Å². The topological polar surface area (TPSA) is 108 Å². The van der Waals surface area contributed by atoms with Gasteiger partial charge in [0.15, 0.2) is 0 Å². The van der Waals surface area contributed by atoms with E-state index in [1.807, 2.05) is 19.1 Å². The van der Waals surface area contributed by atoms with E-state index < -0.39 is 0 Å². The summed E-state index contributed by atoms with van der Waals surface area (Å²) in [5, 5.41) is 0.156. The van der Waals surface area contributed by atoms with Crippen molar-refractivity contribution in [2.45, 2.75) is 44.4 Å². The van der Waals surface area contributed by atoms with Crippen LogP contribution in [0.1, 0.15) is 65.9 Å². The summed E-state index contributed by atoms with van der Waals surface area (Å²) in [6.07, 6.45) is 6.04. The maximum absolute atomic E-state index is 12.2. The van der Waals surface area contributed by atoms with Gasteiger partial charge in [0.25, 0.3) is 0 Å². The van der Waals surface area contributed by atoms with Gasteiger partial charge in [-0.15, -0.1) is 0 Å². The minimum atomic E-state index is -0.259. The van der Waals surface area contributed by atoms with Crippen LogP contribution in [0.5, 0.6) is 0 Å². The van der Waals surface area contributed by atoms with Crippen LogP contribution in [0.4, 0.5) is 0 Å². The van der Waals surface area contributed by atoms with E-state index in [2.05, 4.69) is 11.0 Å². The number of piperidine rings is 1. The molecule has 7 heteroatoms. The number of rotatable bonds is 6. The first-order valence-electron chi connectivity index (χ1n) is 9.84. The van der Waals surface area contributed by atoms with E-state index in [1.165, 1.54) is 24.0 Å². The molecule has 0 radical (unpaired) electrons. The number of ether oxygens (including phenoxy) is 1. The van der Waals surface area contributed by atoms with Crippen LogP contribution in [0.3, 0.4) is 0 Å². The smallest absolute Gasteiger partial charge is 0.338 e. The van der Waals surface area contributed by atoms with E-state index in [9.17, 15) is 4.79 Å². The molecule has 1 aliphatic heterocycles. The summed E-state index contributed by atoms with van der Waals surface area (Å²) in [5.41, 5.74) is 21.3. The van der Waals surface area contributed by atoms with Gasteiger partial charge in [-0.1, -0.05) is 17.7 Å². The average Bonchev–Trinajstić information content (AvgIpc) is 3.51. The average molecular weight is 405 g/mol. The summed E-state index contributed by atoms with van der Waals surface area (Å²) in [7, 11) is 0. The third-order valence-electron chi connectivity index (χ3n) is 5.39. The lowest BCUT2D eigenvalue weighted by atomic mass is 9.85. The summed E-state index contributed by atoms with van der Waals surface area (Å²) in [6, 6.07) is 5.99. The Morgan fingerprint density at radius 1 is 1.21 bits per heavy atom. The molecular weight excluding hydrogens is 376 g/mol. The second-order valence-corrected chi connectivity index (χ2v) is 7.93. The zero-order valence-corrected chi connectivity index (χ0v) is 17.0. The van der Waals surface area contributed by atoms with Gasteiger partial charge in [0, 0.05) is 19.0 Å². The molecule has 0 amide bonds. The van der Waals surface area contributed by atoms with Crippen LogP contribution in [-0.2, 0) is 4.74 Å². The first-order chi connectivity index (χ1) is 13.4. The number of esters is 1. The number of halogens is 1. The number of carbonyl (C=O) groups excluding carboxylic acids is 1. The molecule has 28 heavy (non-hydrogen) atoms. The summed E-state index contributed by atoms with van der Waals surface area (Å²) in [6.45, 7) is 3.83. The Labute approximate surface area is 171 Å². The van der Waals surface area contributed by atoms with Gasteiger partial charge >= 0.3 is 5.97 Å². The number of benzene rings is 1. The van der Waals surface area contributed by atoms with Gasteiger partial charge < -0.3 is 26.8 Å². The van der Waals surface area contributed by atoms with Crippen LogP contribution in [0.15, 0.2) is 40.9 Å². The largest absolute Gasteiger partial charge is 0.462 e. The minimum absolute atomic E-state index is 0.156. The molecule has 152 valence electrons. The predicted molar refractivity (Wildman–Crippen MR) is 111 cm³/mol. The Balaban J connectivity index is 1.87. The second kappa shape index (κ2) is 8.78. The lowest BCUT2D eigenvalue weighted by molar-refractivity contribution is 0.0526. The molecule has 6 N–H and O–H groups in total. The number of hydrogen-bond donors (Lipinski definition) is 3. The quantitative estimate of drug-likeness (QED) is 0.382. The molecule has 0 aromatic heterocycles. The lowest BCUT2D eigenvalue weighted by Gasteiger charge is -2.36. The van der Waals surface area contributed by atoms with E-state index in [1.54, 1.807) is 6.08 Å². The second-order valence-electron chi connectivity index (χ2n) is 7.49. The van der Waals surface area contributed by atoms with Crippen molar-refractivity contribution in [1.82, 2.24) is 4.90 Å². The van der Waals surface area contributed by atoms with Crippen molar-refractivity contribution in [3.05, 3.63) is 57.6 Å². The number of nitrogens with two attached hydrogens (primary N) is 3. The van der Waals surface area contributed by atoms with E-state index >= 15 is 0 Å². The maximum atomic E-state index is 12.2. The monoisotopic (exact) mass is 404 g/mol. The maximum Gasteiger partial charge on any atom is 0.338 e. The van der Waals surface area contributed by atoms with Crippen molar-refractivity contribution in [3.8, 4) is 0 Å². The normalized spacial score (nSPS) is 20.0. The fourth-order valence-electron chi connectivity index (χ4n) is 3.97. The van der Waals surface area contributed by atoms with E-state index in [0.29, 0.717) is 29.7 Å². The highest BCUT2D eigenvalue weighted by Gasteiger charge is 2.31. The van der Waals surface area contributed by atoms with Crippen molar-refractivity contribution >= 4 is 17.6 Å². The fourth-order valence-corrected chi connectivity index (χ4v) is 4.08. The third kappa shape index (κ3) is 4.73. The first-order valence-corrected chi connectivity index (χ1v) is 10.2. The highest BCUT2D eigenvalue weighted by molar-refractivity contribution is 6.29. The highest BCUT2D eigenvalue weighted by Crippen LogP contribution is 2.45. The molecular formula is C21H29ClN4O2. The Morgan fingerprint density at radius 2 is 1.96 bits per heavy atom. The van der Waals surface area contributed by atoms with Crippen molar-refractivity contribution in [2.24, 2.45) is 17.2 Å². The van der Waals surface area contributed by atoms with Crippen LogP contribution < -0.4 is 17.2 Å². The molecule has 1 atom stereocenters. The van der Waals surface area contributed by atoms with Crippen molar-refractivity contribution < 1.29 is 9.53 Å². The van der Waals surface area contributed by atoms with E-state index in [0.717, 1.165) is 25.9 Å². The minimum Gasteiger partial charge on any atom is -0.462 e. The van der Waals surface area contributed by atoms with Crippen LogP contribution >= 0.6 is 11.6 Å². The van der Waals surface area contributed by atoms with Crippen molar-refractivity contribution in [3.63, 3.8) is 0 Å². The number of carbonyl (C=O) groups is 1. The van der Waals surface area contributed by atoms with Gasteiger partial charge in [-0.2, -0.15) is 0 Å². The molecule has 1 heterocycles. The zero-order chi connectivity index (χ0) is 20.3. The Hall–Kier alpha value is -2.34. The Bertz CT molecular complexity index is 794. The standard InChI is InChI=1S/C21H29ClN4O2/c1-2-28-21(27)14-7-8-16(17(10-14)13-5-6-13)15-4-3-9-26(12-15)18(20(24)25)11-19(22)23/h7-8,10-11,13,15H,2-6,9,12,23-25H2,1H3/b19-11-.